The highest BCUT2D eigenvalue weighted by atomic mass is 32.2. The highest BCUT2D eigenvalue weighted by molar-refractivity contribution is 7.89. The van der Waals surface area contributed by atoms with E-state index in [9.17, 15) is 13.2 Å². The number of amides is 1. The Kier molecular flexibility index (Phi) is 6.68. The van der Waals surface area contributed by atoms with Gasteiger partial charge in [-0.25, -0.2) is 13.4 Å². The van der Waals surface area contributed by atoms with Crippen LogP contribution >= 0.6 is 0 Å². The molecule has 0 bridgehead atoms. The zero-order valence-corrected chi connectivity index (χ0v) is 21.3. The fourth-order valence-corrected chi connectivity index (χ4v) is 7.14. The van der Waals surface area contributed by atoms with Crippen LogP contribution in [0.2, 0.25) is 0 Å². The van der Waals surface area contributed by atoms with E-state index >= 15 is 0 Å². The summed E-state index contributed by atoms with van der Waals surface area (Å²) in [5.74, 6) is 0.755. The van der Waals surface area contributed by atoms with Crippen molar-refractivity contribution in [3.8, 4) is 0 Å². The van der Waals surface area contributed by atoms with Gasteiger partial charge in [0.15, 0.2) is 0 Å². The van der Waals surface area contributed by atoms with E-state index in [4.69, 9.17) is 4.98 Å². The summed E-state index contributed by atoms with van der Waals surface area (Å²) in [7, 11) is -3.64. The number of benzene rings is 2. The lowest BCUT2D eigenvalue weighted by molar-refractivity contribution is -0.126. The van der Waals surface area contributed by atoms with Gasteiger partial charge in [0, 0.05) is 25.0 Å². The van der Waals surface area contributed by atoms with Crippen molar-refractivity contribution in [2.45, 2.75) is 69.4 Å². The number of aryl methyl sites for hydroxylation is 1. The third kappa shape index (κ3) is 4.74. The van der Waals surface area contributed by atoms with Crippen LogP contribution in [-0.2, 0) is 14.8 Å². The summed E-state index contributed by atoms with van der Waals surface area (Å²) >= 11 is 0. The first-order valence-corrected chi connectivity index (χ1v) is 14.1. The fraction of sp³-hybridized carbons (Fsp3) is 0.481. The van der Waals surface area contributed by atoms with Crippen LogP contribution in [0.4, 0.5) is 0 Å². The number of hydrogen-bond acceptors (Lipinski definition) is 4. The maximum atomic E-state index is 13.4. The Bertz CT molecular complexity index is 1300. The highest BCUT2D eigenvalue weighted by Crippen LogP contribution is 2.34. The molecule has 1 N–H and O–H groups in total. The third-order valence-electron chi connectivity index (χ3n) is 7.65. The molecule has 1 aliphatic heterocycles. The molecule has 8 heteroatoms. The van der Waals surface area contributed by atoms with E-state index in [-0.39, 0.29) is 22.8 Å². The monoisotopic (exact) mass is 494 g/mol. The molecular formula is C27H34N4O3S. The van der Waals surface area contributed by atoms with Gasteiger partial charge in [0.25, 0.3) is 0 Å². The van der Waals surface area contributed by atoms with Crippen LogP contribution in [0.3, 0.4) is 0 Å². The number of nitrogens with one attached hydrogen (secondary N) is 1. The van der Waals surface area contributed by atoms with Crippen molar-refractivity contribution in [2.24, 2.45) is 5.92 Å². The van der Waals surface area contributed by atoms with Gasteiger partial charge in [-0.15, -0.1) is 0 Å². The molecule has 0 spiro atoms. The number of piperidine rings is 1. The van der Waals surface area contributed by atoms with Crippen molar-refractivity contribution in [1.82, 2.24) is 19.2 Å². The van der Waals surface area contributed by atoms with Gasteiger partial charge in [-0.3, -0.25) is 4.79 Å². The Morgan fingerprint density at radius 2 is 1.71 bits per heavy atom. The van der Waals surface area contributed by atoms with Gasteiger partial charge in [-0.1, -0.05) is 43.2 Å². The molecule has 2 fully saturated rings. The van der Waals surface area contributed by atoms with Gasteiger partial charge in [-0.05, 0) is 63.3 Å². The van der Waals surface area contributed by atoms with Crippen LogP contribution in [-0.4, -0.2) is 41.3 Å². The summed E-state index contributed by atoms with van der Waals surface area (Å²) in [6.07, 6.45) is 5.80. The first-order chi connectivity index (χ1) is 16.8. The number of carbonyl (C=O) groups excluding carboxylic acids is 1. The molecule has 3 aromatic rings. The SMILES string of the molecule is Cc1nc2cc(S(=O)(=O)N3CCC(C(=O)N[C@H](C)c4ccccc4)CC3)ccc2n1C1CCCC1. The Morgan fingerprint density at radius 1 is 1.03 bits per heavy atom. The maximum absolute atomic E-state index is 13.4. The predicted molar refractivity (Wildman–Crippen MR) is 136 cm³/mol. The molecule has 35 heavy (non-hydrogen) atoms. The Labute approximate surface area is 207 Å². The number of nitrogens with zero attached hydrogens (tertiary/aromatic N) is 3. The summed E-state index contributed by atoms with van der Waals surface area (Å²) in [6, 6.07) is 15.6. The van der Waals surface area contributed by atoms with E-state index in [1.54, 1.807) is 12.1 Å². The molecule has 1 amide bonds. The molecule has 2 heterocycles. The Balaban J connectivity index is 1.26. The summed E-state index contributed by atoms with van der Waals surface area (Å²) in [6.45, 7) is 4.65. The minimum atomic E-state index is -3.64. The number of hydrogen-bond donors (Lipinski definition) is 1. The standard InChI is InChI=1S/C27H34N4O3S/c1-19(21-8-4-3-5-9-21)28-27(32)22-14-16-30(17-15-22)35(33,34)24-12-13-26-25(18-24)29-20(2)31(26)23-10-6-7-11-23/h3-5,8-9,12-13,18-19,22-23H,6-7,10-11,14-17H2,1-2H3,(H,28,32)/t19-/m1/s1. The minimum Gasteiger partial charge on any atom is -0.349 e. The third-order valence-corrected chi connectivity index (χ3v) is 9.54. The smallest absolute Gasteiger partial charge is 0.243 e. The van der Waals surface area contributed by atoms with E-state index < -0.39 is 10.0 Å². The van der Waals surface area contributed by atoms with Gasteiger partial charge >= 0.3 is 0 Å². The molecule has 0 unspecified atom stereocenters. The molecule has 2 aromatic carbocycles. The molecule has 1 atom stereocenters. The zero-order chi connectivity index (χ0) is 24.6. The largest absolute Gasteiger partial charge is 0.349 e. The normalized spacial score (nSPS) is 19.3. The van der Waals surface area contributed by atoms with Gasteiger partial charge in [-0.2, -0.15) is 4.31 Å². The minimum absolute atomic E-state index is 0.00671. The van der Waals surface area contributed by atoms with Gasteiger partial charge < -0.3 is 9.88 Å². The molecular weight excluding hydrogens is 460 g/mol. The van der Waals surface area contributed by atoms with Crippen LogP contribution in [0, 0.1) is 12.8 Å². The summed E-state index contributed by atoms with van der Waals surface area (Å²) in [5, 5.41) is 3.08. The number of fused-ring (bicyclic) bond motifs is 1. The Morgan fingerprint density at radius 3 is 2.40 bits per heavy atom. The molecule has 1 aliphatic carbocycles. The van der Waals surface area contributed by atoms with Crippen molar-refractivity contribution in [1.29, 1.82) is 0 Å². The molecule has 7 nitrogen and oxygen atoms in total. The molecule has 1 aromatic heterocycles. The second-order valence-electron chi connectivity index (χ2n) is 9.94. The van der Waals surface area contributed by atoms with E-state index in [0.29, 0.717) is 32.0 Å². The lowest BCUT2D eigenvalue weighted by Gasteiger charge is -2.31. The zero-order valence-electron chi connectivity index (χ0n) is 20.5. The van der Waals surface area contributed by atoms with E-state index in [2.05, 4.69) is 9.88 Å². The number of aromatic nitrogens is 2. The predicted octanol–water partition coefficient (Wildman–Crippen LogP) is 4.74. The summed E-state index contributed by atoms with van der Waals surface area (Å²) in [4.78, 5) is 17.8. The maximum Gasteiger partial charge on any atom is 0.243 e. The van der Waals surface area contributed by atoms with Crippen molar-refractivity contribution >= 4 is 27.0 Å². The molecule has 2 aliphatic rings. The summed E-state index contributed by atoms with van der Waals surface area (Å²) in [5.41, 5.74) is 2.80. The fourth-order valence-electron chi connectivity index (χ4n) is 5.65. The average Bonchev–Trinajstić information content (AvgIpc) is 3.50. The van der Waals surface area contributed by atoms with Crippen molar-refractivity contribution in [3.05, 3.63) is 59.9 Å². The van der Waals surface area contributed by atoms with Gasteiger partial charge in [0.05, 0.1) is 22.0 Å². The van der Waals surface area contributed by atoms with E-state index in [1.807, 2.05) is 50.2 Å². The van der Waals surface area contributed by atoms with Crippen molar-refractivity contribution < 1.29 is 13.2 Å². The molecule has 1 saturated carbocycles. The molecule has 1 saturated heterocycles. The lowest BCUT2D eigenvalue weighted by Crippen LogP contribution is -2.43. The van der Waals surface area contributed by atoms with Crippen LogP contribution in [0.25, 0.3) is 11.0 Å². The van der Waals surface area contributed by atoms with Crippen LogP contribution < -0.4 is 5.32 Å². The number of sulfonamides is 1. The molecule has 186 valence electrons. The second-order valence-corrected chi connectivity index (χ2v) is 11.9. The number of imidazole rings is 1. The van der Waals surface area contributed by atoms with Crippen LogP contribution in [0.5, 0.6) is 0 Å². The quantitative estimate of drug-likeness (QED) is 0.537. The second kappa shape index (κ2) is 9.74. The first kappa shape index (κ1) is 24.0. The van der Waals surface area contributed by atoms with Gasteiger partial charge in [0.1, 0.15) is 5.82 Å². The number of rotatable bonds is 6. The van der Waals surface area contributed by atoms with Crippen LogP contribution in [0.15, 0.2) is 53.4 Å². The highest BCUT2D eigenvalue weighted by Gasteiger charge is 2.33. The van der Waals surface area contributed by atoms with E-state index in [0.717, 1.165) is 35.3 Å². The number of carbonyl (C=O) groups is 1. The Hall–Kier alpha value is -2.71. The molecule has 5 rings (SSSR count). The van der Waals surface area contributed by atoms with Crippen molar-refractivity contribution in [2.75, 3.05) is 13.1 Å². The summed E-state index contributed by atoms with van der Waals surface area (Å²) < 4.78 is 30.6. The van der Waals surface area contributed by atoms with Crippen molar-refractivity contribution in [3.63, 3.8) is 0 Å². The topological polar surface area (TPSA) is 84.3 Å². The van der Waals surface area contributed by atoms with E-state index in [1.165, 1.54) is 17.1 Å². The van der Waals surface area contributed by atoms with Gasteiger partial charge in [0.2, 0.25) is 15.9 Å². The first-order valence-electron chi connectivity index (χ1n) is 12.7. The average molecular weight is 495 g/mol. The molecule has 0 radical (unpaired) electrons. The lowest BCUT2D eigenvalue weighted by atomic mass is 9.96. The van der Waals surface area contributed by atoms with Crippen LogP contribution in [0.1, 0.15) is 68.9 Å².